The van der Waals surface area contributed by atoms with Gasteiger partial charge in [-0.05, 0) is 37.5 Å². The maximum absolute atomic E-state index is 12.8. The first-order chi connectivity index (χ1) is 13.2. The van der Waals surface area contributed by atoms with Gasteiger partial charge in [-0.1, -0.05) is 29.8 Å². The second-order valence-corrected chi connectivity index (χ2v) is 7.07. The average Bonchev–Trinajstić information content (AvgIpc) is 2.72. The summed E-state index contributed by atoms with van der Waals surface area (Å²) in [6.07, 6.45) is 7.12. The van der Waals surface area contributed by atoms with Gasteiger partial charge in [0.05, 0.1) is 17.2 Å². The molecule has 0 unspecified atom stereocenters. The summed E-state index contributed by atoms with van der Waals surface area (Å²) in [7, 11) is 0. The zero-order valence-corrected chi connectivity index (χ0v) is 15.4. The highest BCUT2D eigenvalue weighted by atomic mass is 16.5. The molecule has 1 aliphatic heterocycles. The lowest BCUT2D eigenvalue weighted by atomic mass is 9.89. The number of amides is 1. The molecule has 1 aromatic carbocycles. The first-order valence-corrected chi connectivity index (χ1v) is 9.37. The van der Waals surface area contributed by atoms with Gasteiger partial charge < -0.3 is 10.1 Å². The second kappa shape index (κ2) is 7.84. The zero-order valence-electron chi connectivity index (χ0n) is 15.4. The van der Waals surface area contributed by atoms with Crippen molar-refractivity contribution in [1.82, 2.24) is 15.3 Å². The smallest absolute Gasteiger partial charge is 0.252 e. The summed E-state index contributed by atoms with van der Waals surface area (Å²) < 4.78 is 6.05. The highest BCUT2D eigenvalue weighted by molar-refractivity contribution is 6.05. The van der Waals surface area contributed by atoms with Gasteiger partial charge in [0, 0.05) is 43.0 Å². The van der Waals surface area contributed by atoms with Gasteiger partial charge in [0.1, 0.15) is 0 Å². The van der Waals surface area contributed by atoms with Crippen LogP contribution in [0.25, 0.3) is 10.9 Å². The number of nitrogens with zero attached hydrogens (tertiary/aromatic N) is 2. The Morgan fingerprint density at radius 2 is 2.04 bits per heavy atom. The minimum absolute atomic E-state index is 0.0236. The fourth-order valence-corrected chi connectivity index (χ4v) is 3.68. The molecule has 5 heteroatoms. The maximum Gasteiger partial charge on any atom is 0.252 e. The van der Waals surface area contributed by atoms with Crippen molar-refractivity contribution in [2.24, 2.45) is 5.92 Å². The Morgan fingerprint density at radius 3 is 2.89 bits per heavy atom. The molecule has 138 valence electrons. The monoisotopic (exact) mass is 361 g/mol. The Labute approximate surface area is 158 Å². The number of fused-ring (bicyclic) bond motifs is 1. The lowest BCUT2D eigenvalue weighted by Gasteiger charge is -2.32. The van der Waals surface area contributed by atoms with Gasteiger partial charge in [-0.25, -0.2) is 0 Å². The number of rotatable bonds is 4. The van der Waals surface area contributed by atoms with Crippen LogP contribution >= 0.6 is 0 Å². The molecule has 5 nitrogen and oxygen atoms in total. The van der Waals surface area contributed by atoms with Gasteiger partial charge in [-0.3, -0.25) is 14.8 Å². The van der Waals surface area contributed by atoms with Crippen LogP contribution in [0.15, 0.2) is 55.0 Å². The van der Waals surface area contributed by atoms with Crippen molar-refractivity contribution < 1.29 is 9.53 Å². The van der Waals surface area contributed by atoms with E-state index < -0.39 is 0 Å². The van der Waals surface area contributed by atoms with E-state index in [2.05, 4.69) is 46.5 Å². The van der Waals surface area contributed by atoms with Gasteiger partial charge in [-0.2, -0.15) is 0 Å². The molecule has 1 saturated heterocycles. The number of aryl methyl sites for hydroxylation is 1. The summed E-state index contributed by atoms with van der Waals surface area (Å²) in [4.78, 5) is 21.2. The molecule has 1 N–H and O–H groups in total. The highest BCUT2D eigenvalue weighted by Gasteiger charge is 2.28. The Morgan fingerprint density at radius 1 is 1.19 bits per heavy atom. The van der Waals surface area contributed by atoms with Crippen LogP contribution in [-0.4, -0.2) is 29.0 Å². The number of hydrogen-bond donors (Lipinski definition) is 1. The number of nitrogens with one attached hydrogen (secondary N) is 1. The number of aromatic nitrogens is 2. The van der Waals surface area contributed by atoms with Crippen LogP contribution in [0.3, 0.4) is 0 Å². The van der Waals surface area contributed by atoms with E-state index in [9.17, 15) is 4.79 Å². The van der Waals surface area contributed by atoms with E-state index in [4.69, 9.17) is 4.74 Å². The van der Waals surface area contributed by atoms with Gasteiger partial charge in [0.2, 0.25) is 0 Å². The van der Waals surface area contributed by atoms with Crippen LogP contribution in [0.5, 0.6) is 0 Å². The third-order valence-corrected chi connectivity index (χ3v) is 5.16. The average molecular weight is 361 g/mol. The lowest BCUT2D eigenvalue weighted by molar-refractivity contribution is -0.0272. The van der Waals surface area contributed by atoms with Crippen LogP contribution in [0, 0.1) is 12.8 Å². The molecular formula is C22H23N3O2. The first kappa shape index (κ1) is 17.6. The molecule has 3 aromatic rings. The number of hydrogen-bond acceptors (Lipinski definition) is 4. The molecule has 1 amide bonds. The van der Waals surface area contributed by atoms with Crippen LogP contribution < -0.4 is 5.32 Å². The molecular weight excluding hydrogens is 338 g/mol. The van der Waals surface area contributed by atoms with E-state index in [0.717, 1.165) is 30.4 Å². The minimum Gasteiger partial charge on any atom is -0.373 e. The maximum atomic E-state index is 12.8. The number of carbonyl (C=O) groups is 1. The molecule has 0 bridgehead atoms. The molecule has 4 rings (SSSR count). The summed E-state index contributed by atoms with van der Waals surface area (Å²) >= 11 is 0. The summed E-state index contributed by atoms with van der Waals surface area (Å²) in [6.45, 7) is 3.43. The highest BCUT2D eigenvalue weighted by Crippen LogP contribution is 2.33. The molecule has 0 radical (unpaired) electrons. The summed E-state index contributed by atoms with van der Waals surface area (Å²) in [5.41, 5.74) is 3.79. The van der Waals surface area contributed by atoms with Crippen molar-refractivity contribution in [2.75, 3.05) is 13.2 Å². The van der Waals surface area contributed by atoms with Crippen molar-refractivity contribution in [3.8, 4) is 0 Å². The Bertz CT molecular complexity index is 934. The Balaban J connectivity index is 1.49. The number of benzene rings is 1. The van der Waals surface area contributed by atoms with Gasteiger partial charge in [0.15, 0.2) is 0 Å². The molecule has 1 aliphatic rings. The molecule has 0 aliphatic carbocycles. The predicted molar refractivity (Wildman–Crippen MR) is 104 cm³/mol. The first-order valence-electron chi connectivity index (χ1n) is 9.37. The fraction of sp³-hybridized carbons (Fsp3) is 0.318. The number of carbonyl (C=O) groups excluding carboxylic acids is 1. The molecule has 0 saturated carbocycles. The van der Waals surface area contributed by atoms with Crippen molar-refractivity contribution in [3.63, 3.8) is 0 Å². The lowest BCUT2D eigenvalue weighted by Crippen LogP contribution is -2.35. The SMILES string of the molecule is Cc1ccc([C@H]2OCCC[C@H]2CNC(=O)c2ccnc3ccncc23)cc1. The Hall–Kier alpha value is -2.79. The van der Waals surface area contributed by atoms with Crippen LogP contribution in [-0.2, 0) is 4.74 Å². The van der Waals surface area contributed by atoms with Crippen LogP contribution in [0.4, 0.5) is 0 Å². The molecule has 27 heavy (non-hydrogen) atoms. The van der Waals surface area contributed by atoms with Crippen molar-refractivity contribution in [1.29, 1.82) is 0 Å². The summed E-state index contributed by atoms with van der Waals surface area (Å²) in [6, 6.07) is 12.0. The molecule has 3 heterocycles. The quantitative estimate of drug-likeness (QED) is 0.767. The van der Waals surface area contributed by atoms with Crippen molar-refractivity contribution in [3.05, 3.63) is 71.7 Å². The van der Waals surface area contributed by atoms with E-state index in [1.54, 1.807) is 24.7 Å². The van der Waals surface area contributed by atoms with E-state index in [1.807, 2.05) is 6.07 Å². The zero-order chi connectivity index (χ0) is 18.6. The van der Waals surface area contributed by atoms with Crippen LogP contribution in [0.2, 0.25) is 0 Å². The van der Waals surface area contributed by atoms with Crippen LogP contribution in [0.1, 0.15) is 40.4 Å². The molecule has 2 atom stereocenters. The van der Waals surface area contributed by atoms with Crippen molar-refractivity contribution in [2.45, 2.75) is 25.9 Å². The molecule has 2 aromatic heterocycles. The van der Waals surface area contributed by atoms with E-state index in [0.29, 0.717) is 12.1 Å². The standard InChI is InChI=1S/C22H23N3O2/c1-15-4-6-16(7-5-15)21-17(3-2-12-27-21)13-25-22(26)18-8-11-24-20-9-10-23-14-19(18)20/h4-11,14,17,21H,2-3,12-13H2,1H3,(H,25,26)/t17-,21+/m0/s1. The van der Waals surface area contributed by atoms with E-state index >= 15 is 0 Å². The topological polar surface area (TPSA) is 64.1 Å². The van der Waals surface area contributed by atoms with Gasteiger partial charge >= 0.3 is 0 Å². The Kier molecular flexibility index (Phi) is 5.12. The third kappa shape index (κ3) is 3.83. The van der Waals surface area contributed by atoms with Crippen molar-refractivity contribution >= 4 is 16.8 Å². The minimum atomic E-state index is -0.0939. The number of ether oxygens (including phenoxy) is 1. The van der Waals surface area contributed by atoms with Gasteiger partial charge in [0.25, 0.3) is 5.91 Å². The predicted octanol–water partition coefficient (Wildman–Crippen LogP) is 3.84. The number of pyridine rings is 2. The van der Waals surface area contributed by atoms with E-state index in [-0.39, 0.29) is 17.9 Å². The summed E-state index contributed by atoms with van der Waals surface area (Å²) in [5, 5.41) is 3.87. The van der Waals surface area contributed by atoms with Gasteiger partial charge in [-0.15, -0.1) is 0 Å². The molecule has 0 spiro atoms. The third-order valence-electron chi connectivity index (χ3n) is 5.16. The van der Waals surface area contributed by atoms with E-state index in [1.165, 1.54) is 11.1 Å². The molecule has 1 fully saturated rings. The largest absolute Gasteiger partial charge is 0.373 e. The summed E-state index contributed by atoms with van der Waals surface area (Å²) in [5.74, 6) is 0.167. The second-order valence-electron chi connectivity index (χ2n) is 7.07. The fourth-order valence-electron chi connectivity index (χ4n) is 3.68. The normalized spacial score (nSPS) is 19.7.